The van der Waals surface area contributed by atoms with Crippen LogP contribution in [0.4, 0.5) is 4.79 Å². The van der Waals surface area contributed by atoms with Gasteiger partial charge in [0.2, 0.25) is 0 Å². The summed E-state index contributed by atoms with van der Waals surface area (Å²) in [7, 11) is 3.59. The van der Waals surface area contributed by atoms with Crippen LogP contribution in [0.2, 0.25) is 0 Å². The number of carbonyl (C=O) groups is 1. The van der Waals surface area contributed by atoms with Gasteiger partial charge in [0.05, 0.1) is 0 Å². The molecule has 0 unspecified atom stereocenters. The van der Waals surface area contributed by atoms with Crippen LogP contribution >= 0.6 is 21.6 Å². The van der Waals surface area contributed by atoms with Gasteiger partial charge in [-0.25, -0.2) is 4.79 Å². The van der Waals surface area contributed by atoms with Crippen molar-refractivity contribution in [2.75, 3.05) is 31.6 Å². The number of carbonyl (C=O) groups excluding carboxylic acids is 1. The Morgan fingerprint density at radius 2 is 1.94 bits per heavy atom. The summed E-state index contributed by atoms with van der Waals surface area (Å²) in [4.78, 5) is 11.2. The maximum absolute atomic E-state index is 11.2. The summed E-state index contributed by atoms with van der Waals surface area (Å²) >= 11 is 0. The van der Waals surface area contributed by atoms with E-state index in [1.807, 2.05) is 31.6 Å². The standard InChI is InChI=1S/C10H22N2O2S2/c1-10(2,3)14-9(13)12-6-5-11-7-8-16-15-4/h11H,5-8H2,1-4H3,(H,12,13). The van der Waals surface area contributed by atoms with Crippen molar-refractivity contribution in [1.29, 1.82) is 0 Å². The third kappa shape index (κ3) is 12.0. The number of rotatable bonds is 7. The van der Waals surface area contributed by atoms with E-state index >= 15 is 0 Å². The van der Waals surface area contributed by atoms with Gasteiger partial charge in [-0.2, -0.15) is 0 Å². The van der Waals surface area contributed by atoms with E-state index < -0.39 is 5.60 Å². The first kappa shape index (κ1) is 15.9. The Morgan fingerprint density at radius 1 is 1.25 bits per heavy atom. The Morgan fingerprint density at radius 3 is 2.50 bits per heavy atom. The van der Waals surface area contributed by atoms with Crippen LogP contribution in [0.15, 0.2) is 0 Å². The molecular formula is C10H22N2O2S2. The Bertz CT molecular complexity index is 196. The summed E-state index contributed by atoms with van der Waals surface area (Å²) < 4.78 is 5.10. The van der Waals surface area contributed by atoms with Gasteiger partial charge >= 0.3 is 6.09 Å². The first-order valence-corrected chi connectivity index (χ1v) is 8.01. The third-order valence-corrected chi connectivity index (χ3v) is 3.26. The molecule has 0 saturated heterocycles. The SMILES string of the molecule is CSSCCNCCNC(=O)OC(C)(C)C. The van der Waals surface area contributed by atoms with Crippen molar-refractivity contribution in [3.63, 3.8) is 0 Å². The number of alkyl carbamates (subject to hydrolysis) is 1. The van der Waals surface area contributed by atoms with E-state index in [9.17, 15) is 4.79 Å². The lowest BCUT2D eigenvalue weighted by Crippen LogP contribution is -2.36. The number of hydrogen-bond donors (Lipinski definition) is 2. The average molecular weight is 266 g/mol. The van der Waals surface area contributed by atoms with Gasteiger partial charge in [-0.1, -0.05) is 21.6 Å². The molecule has 0 aromatic heterocycles. The smallest absolute Gasteiger partial charge is 0.407 e. The summed E-state index contributed by atoms with van der Waals surface area (Å²) in [6.07, 6.45) is 1.71. The van der Waals surface area contributed by atoms with Gasteiger partial charge in [-0.05, 0) is 27.0 Å². The fourth-order valence-electron chi connectivity index (χ4n) is 0.889. The molecule has 0 radical (unpaired) electrons. The van der Waals surface area contributed by atoms with E-state index in [1.54, 1.807) is 10.8 Å². The van der Waals surface area contributed by atoms with Crippen LogP contribution in [-0.2, 0) is 4.74 Å². The molecular weight excluding hydrogens is 244 g/mol. The van der Waals surface area contributed by atoms with Crippen molar-refractivity contribution in [3.05, 3.63) is 0 Å². The maximum Gasteiger partial charge on any atom is 0.407 e. The van der Waals surface area contributed by atoms with Gasteiger partial charge in [-0.15, -0.1) is 0 Å². The summed E-state index contributed by atoms with van der Waals surface area (Å²) in [6, 6.07) is 0. The number of amides is 1. The van der Waals surface area contributed by atoms with Crippen molar-refractivity contribution in [2.24, 2.45) is 0 Å². The van der Waals surface area contributed by atoms with E-state index in [4.69, 9.17) is 4.74 Å². The van der Waals surface area contributed by atoms with Gasteiger partial charge in [0, 0.05) is 25.4 Å². The molecule has 2 N–H and O–H groups in total. The molecule has 16 heavy (non-hydrogen) atoms. The minimum atomic E-state index is -0.424. The molecule has 0 aliphatic rings. The predicted octanol–water partition coefficient (Wildman–Crippen LogP) is 2.11. The monoisotopic (exact) mass is 266 g/mol. The highest BCUT2D eigenvalue weighted by molar-refractivity contribution is 8.76. The molecule has 0 aromatic carbocycles. The summed E-state index contributed by atoms with van der Waals surface area (Å²) in [5, 5.41) is 5.93. The molecule has 6 heteroatoms. The molecule has 0 bridgehead atoms. The van der Waals surface area contributed by atoms with Crippen molar-refractivity contribution >= 4 is 27.7 Å². The van der Waals surface area contributed by atoms with E-state index in [-0.39, 0.29) is 6.09 Å². The second-order valence-corrected chi connectivity index (χ2v) is 6.85. The highest BCUT2D eigenvalue weighted by Gasteiger charge is 2.15. The zero-order chi connectivity index (χ0) is 12.4. The largest absolute Gasteiger partial charge is 0.444 e. The molecule has 1 amide bonds. The Labute approximate surface area is 106 Å². The van der Waals surface area contributed by atoms with Crippen LogP contribution < -0.4 is 10.6 Å². The van der Waals surface area contributed by atoms with Crippen LogP contribution in [0, 0.1) is 0 Å². The second-order valence-electron chi connectivity index (χ2n) is 4.17. The molecule has 0 aromatic rings. The van der Waals surface area contributed by atoms with E-state index in [1.165, 1.54) is 0 Å². The first-order chi connectivity index (χ1) is 7.45. The molecule has 0 aliphatic carbocycles. The molecule has 0 aliphatic heterocycles. The minimum absolute atomic E-state index is 0.354. The van der Waals surface area contributed by atoms with Crippen LogP contribution in [0.3, 0.4) is 0 Å². The predicted molar refractivity (Wildman–Crippen MR) is 73.1 cm³/mol. The van der Waals surface area contributed by atoms with Crippen LogP contribution in [-0.4, -0.2) is 43.3 Å². The highest BCUT2D eigenvalue weighted by Crippen LogP contribution is 2.14. The quantitative estimate of drug-likeness (QED) is 0.546. The first-order valence-electron chi connectivity index (χ1n) is 5.29. The zero-order valence-electron chi connectivity index (χ0n) is 10.5. The average Bonchev–Trinajstić information content (AvgIpc) is 2.13. The summed E-state index contributed by atoms with van der Waals surface area (Å²) in [6.45, 7) is 7.88. The fourth-order valence-corrected chi connectivity index (χ4v) is 2.03. The van der Waals surface area contributed by atoms with Crippen molar-refractivity contribution in [3.8, 4) is 0 Å². The molecule has 0 atom stereocenters. The molecule has 0 saturated carbocycles. The lowest BCUT2D eigenvalue weighted by atomic mass is 10.2. The van der Waals surface area contributed by atoms with E-state index in [0.29, 0.717) is 6.54 Å². The Hall–Kier alpha value is -0.0700. The lowest BCUT2D eigenvalue weighted by Gasteiger charge is -2.19. The number of hydrogen-bond acceptors (Lipinski definition) is 5. The molecule has 0 spiro atoms. The zero-order valence-corrected chi connectivity index (χ0v) is 12.1. The van der Waals surface area contributed by atoms with Gasteiger partial charge in [0.1, 0.15) is 5.60 Å². The lowest BCUT2D eigenvalue weighted by molar-refractivity contribution is 0.0528. The Kier molecular flexibility index (Phi) is 8.97. The van der Waals surface area contributed by atoms with Crippen LogP contribution in [0.25, 0.3) is 0 Å². The van der Waals surface area contributed by atoms with Gasteiger partial charge in [0.25, 0.3) is 0 Å². The number of nitrogens with one attached hydrogen (secondary N) is 2. The van der Waals surface area contributed by atoms with Gasteiger partial charge in [0.15, 0.2) is 0 Å². The molecule has 0 fully saturated rings. The Balaban J connectivity index is 3.28. The number of ether oxygens (including phenoxy) is 1. The molecule has 4 nitrogen and oxygen atoms in total. The van der Waals surface area contributed by atoms with Crippen molar-refractivity contribution in [1.82, 2.24) is 10.6 Å². The second kappa shape index (κ2) is 9.01. The third-order valence-electron chi connectivity index (χ3n) is 1.45. The fraction of sp³-hybridized carbons (Fsp3) is 0.900. The van der Waals surface area contributed by atoms with Gasteiger partial charge < -0.3 is 15.4 Å². The van der Waals surface area contributed by atoms with Crippen molar-refractivity contribution in [2.45, 2.75) is 26.4 Å². The topological polar surface area (TPSA) is 50.4 Å². The molecule has 0 rings (SSSR count). The molecule has 0 heterocycles. The van der Waals surface area contributed by atoms with Crippen LogP contribution in [0.5, 0.6) is 0 Å². The summed E-state index contributed by atoms with van der Waals surface area (Å²) in [5.74, 6) is 1.08. The normalized spacial score (nSPS) is 11.2. The van der Waals surface area contributed by atoms with E-state index in [0.717, 1.165) is 18.8 Å². The van der Waals surface area contributed by atoms with Crippen LogP contribution in [0.1, 0.15) is 20.8 Å². The minimum Gasteiger partial charge on any atom is -0.444 e. The van der Waals surface area contributed by atoms with E-state index in [2.05, 4.69) is 16.9 Å². The highest BCUT2D eigenvalue weighted by atomic mass is 33.1. The van der Waals surface area contributed by atoms with Crippen molar-refractivity contribution < 1.29 is 9.53 Å². The summed E-state index contributed by atoms with van der Waals surface area (Å²) in [5.41, 5.74) is -0.424. The molecule has 96 valence electrons. The van der Waals surface area contributed by atoms with Gasteiger partial charge in [-0.3, -0.25) is 0 Å². The maximum atomic E-state index is 11.2.